The highest BCUT2D eigenvalue weighted by molar-refractivity contribution is 5.87. The van der Waals surface area contributed by atoms with Crippen molar-refractivity contribution in [3.63, 3.8) is 0 Å². The van der Waals surface area contributed by atoms with E-state index in [0.717, 1.165) is 17.9 Å². The maximum atomic E-state index is 10.6. The molecule has 3 N–H and O–H groups in total. The molecule has 1 aliphatic rings. The van der Waals surface area contributed by atoms with Crippen LogP contribution >= 0.6 is 12.4 Å². The van der Waals surface area contributed by atoms with E-state index in [2.05, 4.69) is 0 Å². The zero-order valence-electron chi connectivity index (χ0n) is 8.93. The molecule has 16 heavy (non-hydrogen) atoms. The topological polar surface area (TPSA) is 63.3 Å². The first-order chi connectivity index (χ1) is 7.16. The van der Waals surface area contributed by atoms with Gasteiger partial charge in [-0.15, -0.1) is 12.4 Å². The van der Waals surface area contributed by atoms with Crippen LogP contribution in [-0.4, -0.2) is 11.1 Å². The predicted molar refractivity (Wildman–Crippen MR) is 64.9 cm³/mol. The molecule has 0 saturated heterocycles. The lowest BCUT2D eigenvalue weighted by Gasteiger charge is -2.11. The first kappa shape index (κ1) is 13.0. The first-order valence-corrected chi connectivity index (χ1v) is 5.25. The molecule has 0 heterocycles. The fourth-order valence-electron chi connectivity index (χ4n) is 1.72. The summed E-state index contributed by atoms with van der Waals surface area (Å²) in [6.07, 6.45) is 3.61. The Morgan fingerprint density at radius 3 is 2.38 bits per heavy atom. The SMILES string of the molecule is Cl.N[C@@H](CC1CC1)c1ccc(C(=O)O)cc1. The minimum atomic E-state index is -0.891. The van der Waals surface area contributed by atoms with E-state index in [-0.39, 0.29) is 18.4 Å². The Bertz CT molecular complexity index is 360. The molecular formula is C12H16ClNO2. The van der Waals surface area contributed by atoms with Crippen LogP contribution < -0.4 is 5.73 Å². The smallest absolute Gasteiger partial charge is 0.335 e. The number of rotatable bonds is 4. The summed E-state index contributed by atoms with van der Waals surface area (Å²) in [6, 6.07) is 6.92. The van der Waals surface area contributed by atoms with Crippen LogP contribution in [0.5, 0.6) is 0 Å². The standard InChI is InChI=1S/C12H15NO2.ClH/c13-11(7-8-1-2-8)9-3-5-10(6-4-9)12(14)15;/h3-6,8,11H,1-2,7,13H2,(H,14,15);1H/t11-;/m0./s1. The summed E-state index contributed by atoms with van der Waals surface area (Å²) in [4.78, 5) is 10.6. The molecule has 3 nitrogen and oxygen atoms in total. The third-order valence-corrected chi connectivity index (χ3v) is 2.87. The molecular weight excluding hydrogens is 226 g/mol. The second kappa shape index (κ2) is 5.32. The summed E-state index contributed by atoms with van der Waals surface area (Å²) in [5, 5.41) is 8.74. The molecule has 0 spiro atoms. The highest BCUT2D eigenvalue weighted by atomic mass is 35.5. The number of hydrogen-bond acceptors (Lipinski definition) is 2. The van der Waals surface area contributed by atoms with E-state index in [1.807, 2.05) is 12.1 Å². The first-order valence-electron chi connectivity index (χ1n) is 5.25. The molecule has 1 aliphatic carbocycles. The molecule has 0 aliphatic heterocycles. The highest BCUT2D eigenvalue weighted by Crippen LogP contribution is 2.36. The number of benzene rings is 1. The van der Waals surface area contributed by atoms with E-state index in [4.69, 9.17) is 10.8 Å². The summed E-state index contributed by atoms with van der Waals surface area (Å²) < 4.78 is 0. The lowest BCUT2D eigenvalue weighted by Crippen LogP contribution is -2.11. The average Bonchev–Trinajstić information content (AvgIpc) is 3.02. The van der Waals surface area contributed by atoms with Gasteiger partial charge in [-0.2, -0.15) is 0 Å². The van der Waals surface area contributed by atoms with Gasteiger partial charge in [-0.05, 0) is 30.0 Å². The van der Waals surface area contributed by atoms with Crippen molar-refractivity contribution in [2.45, 2.75) is 25.3 Å². The van der Waals surface area contributed by atoms with Crippen LogP contribution in [0.25, 0.3) is 0 Å². The monoisotopic (exact) mass is 241 g/mol. The van der Waals surface area contributed by atoms with Crippen LogP contribution in [0.1, 0.15) is 41.2 Å². The maximum Gasteiger partial charge on any atom is 0.335 e. The van der Waals surface area contributed by atoms with E-state index in [0.29, 0.717) is 5.56 Å². The molecule has 0 bridgehead atoms. The van der Waals surface area contributed by atoms with Crippen LogP contribution in [0, 0.1) is 5.92 Å². The second-order valence-electron chi connectivity index (χ2n) is 4.21. The van der Waals surface area contributed by atoms with Crippen LogP contribution in [0.2, 0.25) is 0 Å². The molecule has 1 atom stereocenters. The fraction of sp³-hybridized carbons (Fsp3) is 0.417. The van der Waals surface area contributed by atoms with Crippen molar-refractivity contribution in [1.82, 2.24) is 0 Å². The number of aromatic carboxylic acids is 1. The summed E-state index contributed by atoms with van der Waals surface area (Å²) >= 11 is 0. The van der Waals surface area contributed by atoms with Gasteiger partial charge in [0.1, 0.15) is 0 Å². The van der Waals surface area contributed by atoms with Gasteiger partial charge in [0.05, 0.1) is 5.56 Å². The Kier molecular flexibility index (Phi) is 4.33. The van der Waals surface area contributed by atoms with Crippen molar-refractivity contribution >= 4 is 18.4 Å². The lowest BCUT2D eigenvalue weighted by atomic mass is 10.0. The minimum Gasteiger partial charge on any atom is -0.478 e. The van der Waals surface area contributed by atoms with E-state index < -0.39 is 5.97 Å². The van der Waals surface area contributed by atoms with E-state index in [1.165, 1.54) is 12.8 Å². The summed E-state index contributed by atoms with van der Waals surface area (Å²) in [5.41, 5.74) is 7.37. The molecule has 88 valence electrons. The van der Waals surface area contributed by atoms with Crippen molar-refractivity contribution in [1.29, 1.82) is 0 Å². The minimum absolute atomic E-state index is 0. The van der Waals surface area contributed by atoms with Crippen molar-refractivity contribution in [2.24, 2.45) is 11.7 Å². The molecule has 1 fully saturated rings. The number of nitrogens with two attached hydrogens (primary N) is 1. The Morgan fingerprint density at radius 1 is 1.38 bits per heavy atom. The van der Waals surface area contributed by atoms with Gasteiger partial charge >= 0.3 is 5.97 Å². The molecule has 0 unspecified atom stereocenters. The van der Waals surface area contributed by atoms with E-state index in [9.17, 15) is 4.79 Å². The van der Waals surface area contributed by atoms with Crippen LogP contribution in [0.4, 0.5) is 0 Å². The molecule has 1 saturated carbocycles. The largest absolute Gasteiger partial charge is 0.478 e. The van der Waals surface area contributed by atoms with Crippen LogP contribution in [0.15, 0.2) is 24.3 Å². The third-order valence-electron chi connectivity index (χ3n) is 2.87. The summed E-state index contributed by atoms with van der Waals surface area (Å²) in [7, 11) is 0. The fourth-order valence-corrected chi connectivity index (χ4v) is 1.72. The van der Waals surface area contributed by atoms with Crippen molar-refractivity contribution in [3.05, 3.63) is 35.4 Å². The lowest BCUT2D eigenvalue weighted by molar-refractivity contribution is 0.0697. The third kappa shape index (κ3) is 3.22. The number of halogens is 1. The predicted octanol–water partition coefficient (Wildman–Crippen LogP) is 2.61. The molecule has 1 aromatic carbocycles. The maximum absolute atomic E-state index is 10.6. The van der Waals surface area contributed by atoms with Gasteiger partial charge < -0.3 is 10.8 Å². The molecule has 1 aromatic rings. The zero-order valence-corrected chi connectivity index (χ0v) is 9.74. The zero-order chi connectivity index (χ0) is 10.8. The van der Waals surface area contributed by atoms with Crippen LogP contribution in [0.3, 0.4) is 0 Å². The second-order valence-corrected chi connectivity index (χ2v) is 4.21. The van der Waals surface area contributed by atoms with Gasteiger partial charge in [0.2, 0.25) is 0 Å². The van der Waals surface area contributed by atoms with Gasteiger partial charge in [0.25, 0.3) is 0 Å². The average molecular weight is 242 g/mol. The molecule has 2 rings (SSSR count). The number of hydrogen-bond donors (Lipinski definition) is 2. The van der Waals surface area contributed by atoms with E-state index >= 15 is 0 Å². The molecule has 0 radical (unpaired) electrons. The van der Waals surface area contributed by atoms with Gasteiger partial charge in [-0.1, -0.05) is 25.0 Å². The number of carbonyl (C=O) groups is 1. The van der Waals surface area contributed by atoms with Gasteiger partial charge in [0.15, 0.2) is 0 Å². The Labute approximate surface area is 101 Å². The van der Waals surface area contributed by atoms with Crippen molar-refractivity contribution in [2.75, 3.05) is 0 Å². The summed E-state index contributed by atoms with van der Waals surface area (Å²) in [5.74, 6) is -0.100. The van der Waals surface area contributed by atoms with Crippen molar-refractivity contribution < 1.29 is 9.90 Å². The Hall–Kier alpha value is -1.06. The van der Waals surface area contributed by atoms with Gasteiger partial charge in [0, 0.05) is 6.04 Å². The molecule has 0 amide bonds. The van der Waals surface area contributed by atoms with E-state index in [1.54, 1.807) is 12.1 Å². The van der Waals surface area contributed by atoms with Gasteiger partial charge in [-0.3, -0.25) is 0 Å². The Balaban J connectivity index is 0.00000128. The van der Waals surface area contributed by atoms with Crippen LogP contribution in [-0.2, 0) is 0 Å². The summed E-state index contributed by atoms with van der Waals surface area (Å²) in [6.45, 7) is 0. The normalized spacial score (nSPS) is 16.3. The van der Waals surface area contributed by atoms with Crippen molar-refractivity contribution in [3.8, 4) is 0 Å². The Morgan fingerprint density at radius 2 is 1.94 bits per heavy atom. The highest BCUT2D eigenvalue weighted by Gasteiger charge is 2.24. The quantitative estimate of drug-likeness (QED) is 0.852. The molecule has 0 aromatic heterocycles. The number of carboxylic acid groups (broad SMARTS) is 1. The van der Waals surface area contributed by atoms with Gasteiger partial charge in [-0.25, -0.2) is 4.79 Å². The number of carboxylic acids is 1. The molecule has 4 heteroatoms.